The first kappa shape index (κ1) is 17.7. The van der Waals surface area contributed by atoms with Gasteiger partial charge in [-0.3, -0.25) is 0 Å². The minimum atomic E-state index is -1.29. The zero-order chi connectivity index (χ0) is 18.5. The van der Waals surface area contributed by atoms with Crippen molar-refractivity contribution in [1.29, 1.82) is 0 Å². The highest BCUT2D eigenvalue weighted by Gasteiger charge is 2.18. The molecule has 0 aliphatic carbocycles. The third-order valence-electron chi connectivity index (χ3n) is 3.94. The second-order valence-electron chi connectivity index (χ2n) is 5.68. The third-order valence-corrected chi connectivity index (χ3v) is 3.94. The Labute approximate surface area is 149 Å². The van der Waals surface area contributed by atoms with Crippen LogP contribution in [-0.4, -0.2) is 35.4 Å². The molecule has 3 aromatic rings. The molecular formula is C17H20N5O4-. The molecule has 0 aliphatic rings. The van der Waals surface area contributed by atoms with Gasteiger partial charge in [0, 0.05) is 25.8 Å². The van der Waals surface area contributed by atoms with E-state index in [1.54, 1.807) is 6.07 Å². The number of benzene rings is 1. The first-order valence-electron chi connectivity index (χ1n) is 8.40. The number of nitrogens with one attached hydrogen (secondary N) is 2. The van der Waals surface area contributed by atoms with Crippen molar-refractivity contribution in [2.45, 2.75) is 20.0 Å². The topological polar surface area (TPSA) is 118 Å². The molecule has 0 spiro atoms. The predicted molar refractivity (Wildman–Crippen MR) is 93.8 cm³/mol. The van der Waals surface area contributed by atoms with Gasteiger partial charge >= 0.3 is 0 Å². The van der Waals surface area contributed by atoms with Crippen molar-refractivity contribution in [3.63, 3.8) is 0 Å². The molecule has 9 heteroatoms. The van der Waals surface area contributed by atoms with Gasteiger partial charge in [0.05, 0.1) is 5.39 Å². The predicted octanol–water partition coefficient (Wildman–Crippen LogP) is 0.226. The summed E-state index contributed by atoms with van der Waals surface area (Å²) in [6.45, 7) is 3.52. The molecule has 0 radical (unpaired) electrons. The molecule has 0 aliphatic heterocycles. The Bertz CT molecular complexity index is 924. The average molecular weight is 358 g/mol. The van der Waals surface area contributed by atoms with E-state index in [4.69, 9.17) is 4.74 Å². The number of ether oxygens (including phenoxy) is 1. The molecule has 0 unspecified atom stereocenters. The maximum atomic E-state index is 12.2. The van der Waals surface area contributed by atoms with Crippen LogP contribution in [0.3, 0.4) is 0 Å². The van der Waals surface area contributed by atoms with Crippen LogP contribution in [-0.2, 0) is 11.3 Å². The molecule has 0 fully saturated rings. The number of imidazole rings is 1. The summed E-state index contributed by atoms with van der Waals surface area (Å²) in [5.41, 5.74) is 5.14. The summed E-state index contributed by atoms with van der Waals surface area (Å²) >= 11 is 0. The minimum absolute atomic E-state index is 0.282. The number of hydrogen-bond donors (Lipinski definition) is 2. The highest BCUT2D eigenvalue weighted by Crippen LogP contribution is 2.23. The van der Waals surface area contributed by atoms with Crippen molar-refractivity contribution in [2.24, 2.45) is 0 Å². The van der Waals surface area contributed by atoms with Crippen molar-refractivity contribution < 1.29 is 19.4 Å². The van der Waals surface area contributed by atoms with Crippen molar-refractivity contribution in [1.82, 2.24) is 15.0 Å². The summed E-state index contributed by atoms with van der Waals surface area (Å²) in [6, 6.07) is 7.30. The number of hydrogen-bond acceptors (Lipinski definition) is 6. The van der Waals surface area contributed by atoms with Crippen LogP contribution in [0.1, 0.15) is 19.2 Å². The van der Waals surface area contributed by atoms with E-state index in [1.807, 2.05) is 29.8 Å². The second-order valence-corrected chi connectivity index (χ2v) is 5.68. The van der Waals surface area contributed by atoms with E-state index >= 15 is 0 Å². The molecule has 2 N–H and O–H groups in total. The fraction of sp³-hybridized carbons (Fsp3) is 0.353. The van der Waals surface area contributed by atoms with E-state index in [9.17, 15) is 15.1 Å². The van der Waals surface area contributed by atoms with Crippen LogP contribution in [0.2, 0.25) is 0 Å². The molecule has 2 aromatic heterocycles. The Morgan fingerprint density at radius 3 is 2.92 bits per heavy atom. The Balaban J connectivity index is 1.96. The third kappa shape index (κ3) is 3.62. The number of fused-ring (bicyclic) bond motifs is 3. The summed E-state index contributed by atoms with van der Waals surface area (Å²) in [5.74, 6) is 0.645. The molecule has 9 nitrogen and oxygen atoms in total. The molecule has 2 heterocycles. The van der Waals surface area contributed by atoms with Crippen LogP contribution in [0.15, 0.2) is 30.5 Å². The highest BCUT2D eigenvalue weighted by molar-refractivity contribution is 6.00. The lowest BCUT2D eigenvalue weighted by molar-refractivity contribution is -0.575. The molecule has 3 rings (SSSR count). The Morgan fingerprint density at radius 2 is 2.15 bits per heavy atom. The standard InChI is InChI=1S/C17H21N5O4/c1-2-26-11-15-20-13-10-21(25)14-7-4-3-6-12(14)16(13)22(15)19-9-5-8-18-17(23)24/h3-4,6-7,10,18-19H,2,5,8-9,11H2,1H3,(H,23,24)/p-1. The number of aromatic nitrogens is 3. The van der Waals surface area contributed by atoms with Gasteiger partial charge in [0.1, 0.15) is 18.2 Å². The Kier molecular flexibility index (Phi) is 5.37. The number of carboxylic acid groups (broad SMARTS) is 1. The lowest BCUT2D eigenvalue weighted by Gasteiger charge is -2.13. The van der Waals surface area contributed by atoms with Crippen molar-refractivity contribution in [3.05, 3.63) is 41.5 Å². The van der Waals surface area contributed by atoms with Gasteiger partial charge in [0.25, 0.3) is 0 Å². The maximum Gasteiger partial charge on any atom is 0.226 e. The summed E-state index contributed by atoms with van der Waals surface area (Å²) < 4.78 is 8.11. The van der Waals surface area contributed by atoms with E-state index in [0.29, 0.717) is 43.0 Å². The lowest BCUT2D eigenvalue weighted by Crippen LogP contribution is -2.37. The van der Waals surface area contributed by atoms with Crippen LogP contribution in [0.5, 0.6) is 0 Å². The lowest BCUT2D eigenvalue weighted by atomic mass is 10.2. The molecule has 1 amide bonds. The molecule has 138 valence electrons. The van der Waals surface area contributed by atoms with Crippen LogP contribution >= 0.6 is 0 Å². The van der Waals surface area contributed by atoms with Crippen LogP contribution in [0.4, 0.5) is 4.79 Å². The summed E-state index contributed by atoms with van der Waals surface area (Å²) in [4.78, 5) is 14.9. The first-order chi connectivity index (χ1) is 12.6. The Hall–Kier alpha value is -3.07. The van der Waals surface area contributed by atoms with E-state index in [2.05, 4.69) is 15.7 Å². The van der Waals surface area contributed by atoms with Gasteiger partial charge in [0.15, 0.2) is 11.3 Å². The van der Waals surface area contributed by atoms with Crippen molar-refractivity contribution in [3.8, 4) is 0 Å². The fourth-order valence-corrected chi connectivity index (χ4v) is 2.81. The van der Waals surface area contributed by atoms with E-state index in [0.717, 1.165) is 15.6 Å². The summed E-state index contributed by atoms with van der Waals surface area (Å²) in [6.07, 6.45) is 0.720. The average Bonchev–Trinajstić information content (AvgIpc) is 2.97. The summed E-state index contributed by atoms with van der Waals surface area (Å²) in [7, 11) is 0. The second kappa shape index (κ2) is 7.87. The largest absolute Gasteiger partial charge is 0.618 e. The zero-order valence-corrected chi connectivity index (χ0v) is 14.4. The molecule has 0 atom stereocenters. The van der Waals surface area contributed by atoms with Crippen LogP contribution in [0.25, 0.3) is 21.9 Å². The van der Waals surface area contributed by atoms with Crippen molar-refractivity contribution in [2.75, 3.05) is 25.1 Å². The quantitative estimate of drug-likeness (QED) is 0.338. The smallest absolute Gasteiger partial charge is 0.226 e. The van der Waals surface area contributed by atoms with Crippen LogP contribution in [0, 0.1) is 5.21 Å². The first-order valence-corrected chi connectivity index (χ1v) is 8.40. The number of pyridine rings is 1. The van der Waals surface area contributed by atoms with E-state index in [1.165, 1.54) is 6.20 Å². The molecule has 1 aromatic carbocycles. The maximum absolute atomic E-state index is 12.2. The summed E-state index contributed by atoms with van der Waals surface area (Å²) in [5, 5.41) is 25.6. The Morgan fingerprint density at radius 1 is 1.35 bits per heavy atom. The van der Waals surface area contributed by atoms with Gasteiger partial charge < -0.3 is 30.6 Å². The van der Waals surface area contributed by atoms with E-state index < -0.39 is 6.09 Å². The highest BCUT2D eigenvalue weighted by atomic mass is 16.5. The SMILES string of the molecule is CCOCc1nc2c[n+]([O-])c3ccccc3c2n1NCCCNC(=O)[O-]. The number of amides is 1. The molecule has 0 saturated heterocycles. The molecule has 0 bridgehead atoms. The molecule has 26 heavy (non-hydrogen) atoms. The normalized spacial score (nSPS) is 11.1. The van der Waals surface area contributed by atoms with Gasteiger partial charge in [0.2, 0.25) is 11.7 Å². The van der Waals surface area contributed by atoms with Crippen molar-refractivity contribution >= 4 is 28.0 Å². The van der Waals surface area contributed by atoms with E-state index in [-0.39, 0.29) is 6.54 Å². The minimum Gasteiger partial charge on any atom is -0.618 e. The monoisotopic (exact) mass is 358 g/mol. The van der Waals surface area contributed by atoms with Gasteiger partial charge in [-0.2, -0.15) is 4.73 Å². The number of carbonyl (C=O) groups is 1. The number of para-hydroxylation sites is 1. The molecular weight excluding hydrogens is 338 g/mol. The number of rotatable bonds is 8. The van der Waals surface area contributed by atoms with Gasteiger partial charge in [-0.1, -0.05) is 12.1 Å². The number of carbonyl (C=O) groups excluding carboxylic acids is 1. The van der Waals surface area contributed by atoms with Gasteiger partial charge in [-0.05, 0) is 19.4 Å². The van der Waals surface area contributed by atoms with Gasteiger partial charge in [-0.15, -0.1) is 0 Å². The number of nitrogens with zero attached hydrogens (tertiary/aromatic N) is 3. The fourth-order valence-electron chi connectivity index (χ4n) is 2.81. The van der Waals surface area contributed by atoms with Gasteiger partial charge in [-0.25, -0.2) is 9.66 Å². The zero-order valence-electron chi connectivity index (χ0n) is 14.4. The molecule has 0 saturated carbocycles. The van der Waals surface area contributed by atoms with Crippen LogP contribution < -0.4 is 20.6 Å².